The molecular formula is C13H13N3O3S. The summed E-state index contributed by atoms with van der Waals surface area (Å²) in [5, 5.41) is 4.33. The van der Waals surface area contributed by atoms with E-state index < -0.39 is 5.91 Å². The highest BCUT2D eigenvalue weighted by molar-refractivity contribution is 7.07. The smallest absolute Gasteiger partial charge is 0.307 e. The topological polar surface area (TPSA) is 94.2 Å². The van der Waals surface area contributed by atoms with Crippen molar-refractivity contribution in [1.82, 2.24) is 4.57 Å². The van der Waals surface area contributed by atoms with Crippen LogP contribution in [0.3, 0.4) is 0 Å². The van der Waals surface area contributed by atoms with Gasteiger partial charge < -0.3 is 11.1 Å². The lowest BCUT2D eigenvalue weighted by Crippen LogP contribution is -2.25. The minimum Gasteiger partial charge on any atom is -0.366 e. The van der Waals surface area contributed by atoms with Crippen molar-refractivity contribution in [2.75, 3.05) is 5.32 Å². The van der Waals surface area contributed by atoms with Crippen molar-refractivity contribution < 1.29 is 9.59 Å². The van der Waals surface area contributed by atoms with Crippen LogP contribution in [0.2, 0.25) is 0 Å². The van der Waals surface area contributed by atoms with Gasteiger partial charge in [0.2, 0.25) is 11.8 Å². The lowest BCUT2D eigenvalue weighted by molar-refractivity contribution is -0.116. The molecular weight excluding hydrogens is 278 g/mol. The van der Waals surface area contributed by atoms with Gasteiger partial charge in [0.25, 0.3) is 0 Å². The third kappa shape index (κ3) is 3.12. The zero-order valence-electron chi connectivity index (χ0n) is 10.8. The quantitative estimate of drug-likeness (QED) is 0.878. The van der Waals surface area contributed by atoms with Gasteiger partial charge in [-0.05, 0) is 25.1 Å². The van der Waals surface area contributed by atoms with Crippen LogP contribution in [-0.4, -0.2) is 16.4 Å². The van der Waals surface area contributed by atoms with Crippen LogP contribution in [0.1, 0.15) is 16.1 Å². The Labute approximate surface area is 118 Å². The molecule has 0 saturated heterocycles. The Bertz CT molecular complexity index is 718. The number of amides is 2. The van der Waals surface area contributed by atoms with Gasteiger partial charge in [-0.25, -0.2) is 0 Å². The largest absolute Gasteiger partial charge is 0.366 e. The number of carbonyl (C=O) groups excluding carboxylic acids is 2. The summed E-state index contributed by atoms with van der Waals surface area (Å²) < 4.78 is 1.39. The number of anilines is 1. The SMILES string of the molecule is Cc1csc(=O)n1CC(=O)Nc1cccc(C(N)=O)c1. The Hall–Kier alpha value is -2.41. The predicted molar refractivity (Wildman–Crippen MR) is 76.9 cm³/mol. The summed E-state index contributed by atoms with van der Waals surface area (Å²) in [4.78, 5) is 34.3. The van der Waals surface area contributed by atoms with Crippen LogP contribution >= 0.6 is 11.3 Å². The monoisotopic (exact) mass is 291 g/mol. The highest BCUT2D eigenvalue weighted by Crippen LogP contribution is 2.10. The zero-order valence-corrected chi connectivity index (χ0v) is 11.6. The number of carbonyl (C=O) groups is 2. The molecule has 1 heterocycles. The third-order valence-electron chi connectivity index (χ3n) is 2.71. The molecule has 1 aromatic carbocycles. The molecule has 2 rings (SSSR count). The molecule has 0 radical (unpaired) electrons. The molecule has 3 N–H and O–H groups in total. The molecule has 0 unspecified atom stereocenters. The van der Waals surface area contributed by atoms with E-state index in [1.165, 1.54) is 10.6 Å². The number of benzene rings is 1. The molecule has 0 bridgehead atoms. The molecule has 2 aromatic rings. The van der Waals surface area contributed by atoms with E-state index in [4.69, 9.17) is 5.73 Å². The molecule has 0 fully saturated rings. The number of rotatable bonds is 4. The van der Waals surface area contributed by atoms with Crippen LogP contribution in [0, 0.1) is 6.92 Å². The molecule has 0 atom stereocenters. The van der Waals surface area contributed by atoms with Gasteiger partial charge in [0, 0.05) is 22.3 Å². The van der Waals surface area contributed by atoms with E-state index in [1.54, 1.807) is 30.5 Å². The average molecular weight is 291 g/mol. The van der Waals surface area contributed by atoms with E-state index in [0.29, 0.717) is 11.3 Å². The molecule has 0 saturated carbocycles. The van der Waals surface area contributed by atoms with Gasteiger partial charge in [0.05, 0.1) is 0 Å². The maximum atomic E-state index is 11.9. The summed E-state index contributed by atoms with van der Waals surface area (Å²) in [5.74, 6) is -0.902. The van der Waals surface area contributed by atoms with Crippen LogP contribution < -0.4 is 15.9 Å². The van der Waals surface area contributed by atoms with Gasteiger partial charge in [0.1, 0.15) is 6.54 Å². The van der Waals surface area contributed by atoms with Crippen LogP contribution in [0.4, 0.5) is 5.69 Å². The Morgan fingerprint density at radius 2 is 2.15 bits per heavy atom. The normalized spacial score (nSPS) is 10.2. The summed E-state index contributed by atoms with van der Waals surface area (Å²) in [5.41, 5.74) is 6.68. The van der Waals surface area contributed by atoms with Crippen molar-refractivity contribution in [3.05, 3.63) is 50.6 Å². The molecule has 7 heteroatoms. The summed E-state index contributed by atoms with van der Waals surface area (Å²) in [6.07, 6.45) is 0. The first-order valence-electron chi connectivity index (χ1n) is 5.82. The fourth-order valence-corrected chi connectivity index (χ4v) is 2.42. The number of aryl methyl sites for hydroxylation is 1. The first-order chi connectivity index (χ1) is 9.47. The third-order valence-corrected chi connectivity index (χ3v) is 3.59. The Morgan fingerprint density at radius 3 is 2.75 bits per heavy atom. The Balaban J connectivity index is 2.11. The van der Waals surface area contributed by atoms with Crippen molar-refractivity contribution in [2.45, 2.75) is 13.5 Å². The highest BCUT2D eigenvalue weighted by atomic mass is 32.1. The second-order valence-electron chi connectivity index (χ2n) is 4.22. The molecule has 6 nitrogen and oxygen atoms in total. The summed E-state index contributed by atoms with van der Waals surface area (Å²) >= 11 is 1.05. The minimum atomic E-state index is -0.564. The van der Waals surface area contributed by atoms with Crippen molar-refractivity contribution in [1.29, 1.82) is 0 Å². The average Bonchev–Trinajstić information content (AvgIpc) is 2.71. The second kappa shape index (κ2) is 5.70. The lowest BCUT2D eigenvalue weighted by Gasteiger charge is -2.07. The molecule has 0 aliphatic rings. The molecule has 0 aliphatic heterocycles. The standard InChI is InChI=1S/C13H13N3O3S/c1-8-7-20-13(19)16(8)6-11(17)15-10-4-2-3-9(5-10)12(14)18/h2-5,7H,6H2,1H3,(H2,14,18)(H,15,17). The predicted octanol–water partition coefficient (Wildman–Crippen LogP) is 0.956. The molecule has 1 aromatic heterocycles. The van der Waals surface area contributed by atoms with Crippen LogP contribution in [0.5, 0.6) is 0 Å². The van der Waals surface area contributed by atoms with Gasteiger partial charge >= 0.3 is 4.87 Å². The maximum Gasteiger partial charge on any atom is 0.307 e. The van der Waals surface area contributed by atoms with E-state index in [0.717, 1.165) is 17.0 Å². The molecule has 104 valence electrons. The first-order valence-corrected chi connectivity index (χ1v) is 6.70. The molecule has 20 heavy (non-hydrogen) atoms. The zero-order chi connectivity index (χ0) is 14.7. The number of thiazole rings is 1. The fourth-order valence-electron chi connectivity index (χ4n) is 1.69. The lowest BCUT2D eigenvalue weighted by atomic mass is 10.2. The number of hydrogen-bond donors (Lipinski definition) is 2. The summed E-state index contributed by atoms with van der Waals surface area (Å²) in [6.45, 7) is 1.70. The van der Waals surface area contributed by atoms with Crippen LogP contribution in [-0.2, 0) is 11.3 Å². The summed E-state index contributed by atoms with van der Waals surface area (Å²) in [7, 11) is 0. The van der Waals surface area contributed by atoms with Gasteiger partial charge in [-0.3, -0.25) is 19.0 Å². The molecule has 0 aliphatic carbocycles. The highest BCUT2D eigenvalue weighted by Gasteiger charge is 2.09. The number of aromatic nitrogens is 1. The number of hydrogen-bond acceptors (Lipinski definition) is 4. The van der Waals surface area contributed by atoms with E-state index in [2.05, 4.69) is 5.32 Å². The van der Waals surface area contributed by atoms with Crippen LogP contribution in [0.25, 0.3) is 0 Å². The molecule has 0 spiro atoms. The Kier molecular flexibility index (Phi) is 3.99. The van der Waals surface area contributed by atoms with E-state index in [9.17, 15) is 14.4 Å². The van der Waals surface area contributed by atoms with Gasteiger partial charge in [-0.15, -0.1) is 0 Å². The van der Waals surface area contributed by atoms with Crippen molar-refractivity contribution in [2.24, 2.45) is 5.73 Å². The first kappa shape index (κ1) is 14.0. The van der Waals surface area contributed by atoms with Gasteiger partial charge in [-0.1, -0.05) is 17.4 Å². The minimum absolute atomic E-state index is 0.0605. The van der Waals surface area contributed by atoms with Gasteiger partial charge in [0.15, 0.2) is 0 Å². The van der Waals surface area contributed by atoms with Crippen molar-refractivity contribution in [3.63, 3.8) is 0 Å². The van der Waals surface area contributed by atoms with Gasteiger partial charge in [-0.2, -0.15) is 0 Å². The maximum absolute atomic E-state index is 11.9. The number of nitrogens with two attached hydrogens (primary N) is 1. The van der Waals surface area contributed by atoms with Crippen LogP contribution in [0.15, 0.2) is 34.4 Å². The molecule has 2 amide bonds. The summed E-state index contributed by atoms with van der Waals surface area (Å²) in [6, 6.07) is 6.32. The fraction of sp³-hybridized carbons (Fsp3) is 0.154. The van der Waals surface area contributed by atoms with Crippen molar-refractivity contribution in [3.8, 4) is 0 Å². The van der Waals surface area contributed by atoms with Crippen molar-refractivity contribution >= 4 is 28.8 Å². The second-order valence-corrected chi connectivity index (χ2v) is 5.04. The van der Waals surface area contributed by atoms with E-state index in [1.807, 2.05) is 0 Å². The number of nitrogens with zero attached hydrogens (tertiary/aromatic N) is 1. The Morgan fingerprint density at radius 1 is 1.40 bits per heavy atom. The number of nitrogens with one attached hydrogen (secondary N) is 1. The van der Waals surface area contributed by atoms with E-state index in [-0.39, 0.29) is 17.3 Å². The number of primary amides is 1. The van der Waals surface area contributed by atoms with E-state index >= 15 is 0 Å².